The number of para-hydroxylation sites is 2. The molecule has 4 nitrogen and oxygen atoms in total. The van der Waals surface area contributed by atoms with Gasteiger partial charge in [-0.1, -0.05) is 102 Å². The van der Waals surface area contributed by atoms with Crippen LogP contribution in [-0.2, 0) is 19.3 Å². The van der Waals surface area contributed by atoms with Crippen molar-refractivity contribution in [3.8, 4) is 34.1 Å². The molecule has 0 atom stereocenters. The lowest BCUT2D eigenvalue weighted by molar-refractivity contribution is 0.303. The molecule has 0 saturated carbocycles. The van der Waals surface area contributed by atoms with Crippen molar-refractivity contribution in [1.82, 2.24) is 0 Å². The lowest BCUT2D eigenvalue weighted by atomic mass is 9.87. The van der Waals surface area contributed by atoms with Crippen LogP contribution in [0.1, 0.15) is 124 Å². The molecule has 4 heteroatoms. The summed E-state index contributed by atoms with van der Waals surface area (Å²) in [5, 5.41) is 0. The zero-order chi connectivity index (χ0) is 32.8. The van der Waals surface area contributed by atoms with Crippen LogP contribution in [0.2, 0.25) is 0 Å². The van der Waals surface area contributed by atoms with Crippen molar-refractivity contribution in [3.63, 3.8) is 0 Å². The highest BCUT2D eigenvalue weighted by Gasteiger charge is 2.36. The Kier molecular flexibility index (Phi) is 10.8. The molecule has 0 amide bonds. The fourth-order valence-electron chi connectivity index (χ4n) is 7.43. The first-order valence-electron chi connectivity index (χ1n) is 18.2. The summed E-state index contributed by atoms with van der Waals surface area (Å²) in [5.74, 6) is 4.33. The van der Waals surface area contributed by atoms with E-state index in [1.165, 1.54) is 55.6 Å². The lowest BCUT2D eigenvalue weighted by Gasteiger charge is -2.24. The van der Waals surface area contributed by atoms with Crippen LogP contribution in [0, 0.1) is 0 Å². The van der Waals surface area contributed by atoms with Crippen molar-refractivity contribution >= 4 is 0 Å². The van der Waals surface area contributed by atoms with Gasteiger partial charge in [-0.15, -0.1) is 0 Å². The molecule has 6 rings (SSSR count). The van der Waals surface area contributed by atoms with E-state index < -0.39 is 0 Å². The highest BCUT2D eigenvalue weighted by molar-refractivity contribution is 5.85. The third-order valence-electron chi connectivity index (χ3n) is 9.42. The third kappa shape index (κ3) is 6.62. The predicted octanol–water partition coefficient (Wildman–Crippen LogP) is 10.8. The van der Waals surface area contributed by atoms with Crippen LogP contribution >= 0.6 is 0 Å². The minimum absolute atomic E-state index is 0.209. The van der Waals surface area contributed by atoms with Gasteiger partial charge in [-0.05, 0) is 76.6 Å². The fourth-order valence-corrected chi connectivity index (χ4v) is 7.43. The molecule has 8 bridgehead atoms. The highest BCUT2D eigenvalue weighted by atomic mass is 16.5. The number of hydrogen-bond acceptors (Lipinski definition) is 4. The summed E-state index contributed by atoms with van der Waals surface area (Å²) in [5.41, 5.74) is 12.5. The Balaban J connectivity index is 1.65. The Morgan fingerprint density at radius 1 is 0.426 bits per heavy atom. The molecule has 0 saturated heterocycles. The number of rotatable bonds is 14. The molecule has 4 aromatic rings. The molecule has 2 aliphatic rings. The summed E-state index contributed by atoms with van der Waals surface area (Å²) < 4.78 is 26.8. The molecule has 0 fully saturated rings. The molecular formula is C43H52O4. The molecule has 0 aromatic heterocycles. The molecule has 0 aliphatic heterocycles. The van der Waals surface area contributed by atoms with Gasteiger partial charge in [0.15, 0.2) is 0 Å². The minimum Gasteiger partial charge on any atom is -0.493 e. The van der Waals surface area contributed by atoms with E-state index in [4.69, 9.17) is 18.9 Å². The van der Waals surface area contributed by atoms with Crippen LogP contribution < -0.4 is 18.9 Å². The van der Waals surface area contributed by atoms with Crippen LogP contribution in [0.5, 0.6) is 23.0 Å². The monoisotopic (exact) mass is 632 g/mol. The molecule has 2 aliphatic carbocycles. The second-order valence-corrected chi connectivity index (χ2v) is 13.1. The number of fused-ring (bicyclic) bond motifs is 7. The zero-order valence-corrected chi connectivity index (χ0v) is 29.2. The normalized spacial score (nSPS) is 13.3. The minimum atomic E-state index is 0.209. The van der Waals surface area contributed by atoms with E-state index in [0.29, 0.717) is 26.4 Å². The largest absolute Gasteiger partial charge is 0.493 e. The van der Waals surface area contributed by atoms with Gasteiger partial charge in [0.05, 0.1) is 26.4 Å². The molecule has 0 radical (unpaired) electrons. The molecule has 0 spiro atoms. The zero-order valence-electron chi connectivity index (χ0n) is 29.2. The van der Waals surface area contributed by atoms with Crippen LogP contribution in [0.4, 0.5) is 0 Å². The number of hydrogen-bond donors (Lipinski definition) is 0. The Hall–Kier alpha value is -3.92. The molecule has 0 unspecified atom stereocenters. The van der Waals surface area contributed by atoms with Crippen molar-refractivity contribution in [2.45, 2.75) is 98.3 Å². The highest BCUT2D eigenvalue weighted by Crippen LogP contribution is 2.56. The average molecular weight is 633 g/mol. The maximum absolute atomic E-state index is 6.79. The van der Waals surface area contributed by atoms with Crippen LogP contribution in [-0.4, -0.2) is 26.4 Å². The van der Waals surface area contributed by atoms with E-state index in [9.17, 15) is 0 Å². The summed E-state index contributed by atoms with van der Waals surface area (Å²) in [6, 6.07) is 22.6. The van der Waals surface area contributed by atoms with E-state index in [0.717, 1.165) is 80.8 Å². The topological polar surface area (TPSA) is 36.9 Å². The number of ether oxygens (including phenoxy) is 4. The fraction of sp³-hybridized carbons (Fsp3) is 0.442. The van der Waals surface area contributed by atoms with E-state index in [-0.39, 0.29) is 5.92 Å². The Labute approximate surface area is 282 Å². The summed E-state index contributed by atoms with van der Waals surface area (Å²) in [7, 11) is 0. The van der Waals surface area contributed by atoms with Crippen LogP contribution in [0.15, 0.2) is 60.7 Å². The van der Waals surface area contributed by atoms with Crippen molar-refractivity contribution in [2.75, 3.05) is 26.4 Å². The van der Waals surface area contributed by atoms with E-state index in [2.05, 4.69) is 95.3 Å². The smallest absolute Gasteiger partial charge is 0.127 e. The predicted molar refractivity (Wildman–Crippen MR) is 193 cm³/mol. The maximum Gasteiger partial charge on any atom is 0.127 e. The number of benzene rings is 4. The van der Waals surface area contributed by atoms with Crippen molar-refractivity contribution in [1.29, 1.82) is 0 Å². The van der Waals surface area contributed by atoms with Crippen molar-refractivity contribution < 1.29 is 18.9 Å². The molecule has 248 valence electrons. The van der Waals surface area contributed by atoms with Gasteiger partial charge in [-0.2, -0.15) is 0 Å². The molecule has 47 heavy (non-hydrogen) atoms. The molecule has 4 aromatic carbocycles. The van der Waals surface area contributed by atoms with E-state index >= 15 is 0 Å². The second kappa shape index (κ2) is 15.3. The molecule has 0 heterocycles. The summed E-state index contributed by atoms with van der Waals surface area (Å²) in [6.07, 6.45) is 8.19. The van der Waals surface area contributed by atoms with Gasteiger partial charge in [-0.3, -0.25) is 0 Å². The van der Waals surface area contributed by atoms with Gasteiger partial charge in [-0.25, -0.2) is 0 Å². The maximum atomic E-state index is 6.79. The standard InChI is InChI=1S/C43H52O4/c1-6-13-37-38-35-20-18-33(42(38)46-24-9-4)27-31-16-11-14-29(40(31)44-22-7-2)26-30-15-12-17-32(41(30)45-23-8-3)28-34-19-21-36(35)39(37)43(34)47-25-10-5/h11-12,14-21,37H,6-10,13,22-28H2,1-5H3. The Bertz CT molecular complexity index is 1570. The van der Waals surface area contributed by atoms with E-state index in [1.54, 1.807) is 0 Å². The molecular weight excluding hydrogens is 580 g/mol. The first kappa shape index (κ1) is 33.0. The summed E-state index contributed by atoms with van der Waals surface area (Å²) >= 11 is 0. The van der Waals surface area contributed by atoms with Gasteiger partial charge < -0.3 is 18.9 Å². The summed E-state index contributed by atoms with van der Waals surface area (Å²) in [6.45, 7) is 13.8. The average Bonchev–Trinajstić information content (AvgIpc) is 3.40. The van der Waals surface area contributed by atoms with Gasteiger partial charge in [0, 0.05) is 36.3 Å². The van der Waals surface area contributed by atoms with Gasteiger partial charge in [0.1, 0.15) is 23.0 Å². The van der Waals surface area contributed by atoms with Gasteiger partial charge >= 0.3 is 0 Å². The first-order valence-corrected chi connectivity index (χ1v) is 18.2. The third-order valence-corrected chi connectivity index (χ3v) is 9.42. The lowest BCUT2D eigenvalue weighted by Crippen LogP contribution is -2.10. The van der Waals surface area contributed by atoms with E-state index in [1.807, 2.05) is 0 Å². The van der Waals surface area contributed by atoms with Gasteiger partial charge in [0.2, 0.25) is 0 Å². The van der Waals surface area contributed by atoms with Crippen LogP contribution in [0.3, 0.4) is 0 Å². The quantitative estimate of drug-likeness (QED) is 0.122. The Morgan fingerprint density at radius 3 is 1.11 bits per heavy atom. The first-order chi connectivity index (χ1) is 23.1. The Morgan fingerprint density at radius 2 is 0.766 bits per heavy atom. The van der Waals surface area contributed by atoms with Crippen molar-refractivity contribution in [3.05, 3.63) is 105 Å². The molecule has 0 N–H and O–H groups in total. The van der Waals surface area contributed by atoms with Gasteiger partial charge in [0.25, 0.3) is 0 Å². The SMILES string of the molecule is CCCOc1c2cccc1Cc1ccc3c(c1OCCC)C(CCC)c1c-3ccc(c1OCCC)Cc1cccc(c1OCCC)C2. The summed E-state index contributed by atoms with van der Waals surface area (Å²) in [4.78, 5) is 0. The second-order valence-electron chi connectivity index (χ2n) is 13.1. The van der Waals surface area contributed by atoms with Crippen LogP contribution in [0.25, 0.3) is 11.1 Å². The van der Waals surface area contributed by atoms with Crippen molar-refractivity contribution in [2.24, 2.45) is 0 Å².